The van der Waals surface area contributed by atoms with Gasteiger partial charge < -0.3 is 0 Å². The van der Waals surface area contributed by atoms with Gasteiger partial charge in [0.2, 0.25) is 0 Å². The SMILES string of the molecule is O=C(N=S(=O)(c1ccccc1)c1ccccc1)c1ccccc1. The van der Waals surface area contributed by atoms with Gasteiger partial charge >= 0.3 is 0 Å². The van der Waals surface area contributed by atoms with Crippen molar-refractivity contribution in [3.05, 3.63) is 96.6 Å². The maximum absolute atomic E-state index is 13.6. The summed E-state index contributed by atoms with van der Waals surface area (Å²) >= 11 is 0. The van der Waals surface area contributed by atoms with E-state index in [0.717, 1.165) is 0 Å². The number of hydrogen-bond donors (Lipinski definition) is 0. The van der Waals surface area contributed by atoms with Gasteiger partial charge in [-0.2, -0.15) is 0 Å². The van der Waals surface area contributed by atoms with Crippen LogP contribution in [0.4, 0.5) is 0 Å². The van der Waals surface area contributed by atoms with Crippen LogP contribution >= 0.6 is 0 Å². The molecule has 3 aromatic carbocycles. The molecule has 114 valence electrons. The summed E-state index contributed by atoms with van der Waals surface area (Å²) in [4.78, 5) is 13.5. The standard InChI is InChI=1S/C19H15NO2S/c21-19(16-10-4-1-5-11-16)20-23(22,17-12-6-2-7-13-17)18-14-8-3-9-15-18/h1-15H. The molecule has 0 radical (unpaired) electrons. The van der Waals surface area contributed by atoms with Gasteiger partial charge in [0, 0.05) is 5.56 Å². The molecule has 0 spiro atoms. The van der Waals surface area contributed by atoms with Crippen LogP contribution in [0.1, 0.15) is 10.4 Å². The maximum atomic E-state index is 13.6. The summed E-state index contributed by atoms with van der Waals surface area (Å²) in [7, 11) is -3.02. The van der Waals surface area contributed by atoms with E-state index < -0.39 is 15.6 Å². The highest BCUT2D eigenvalue weighted by molar-refractivity contribution is 7.94. The first-order valence-corrected chi connectivity index (χ1v) is 8.68. The van der Waals surface area contributed by atoms with Crippen LogP contribution in [-0.2, 0) is 9.73 Å². The second-order valence-electron chi connectivity index (χ2n) is 4.91. The van der Waals surface area contributed by atoms with Crippen molar-refractivity contribution in [2.75, 3.05) is 0 Å². The van der Waals surface area contributed by atoms with Crippen LogP contribution in [0, 0.1) is 0 Å². The van der Waals surface area contributed by atoms with Crippen molar-refractivity contribution < 1.29 is 9.00 Å². The average Bonchev–Trinajstić information content (AvgIpc) is 2.64. The minimum absolute atomic E-state index is 0.423. The molecular weight excluding hydrogens is 306 g/mol. The topological polar surface area (TPSA) is 46.5 Å². The molecule has 0 N–H and O–H groups in total. The Morgan fingerprint density at radius 2 is 1.04 bits per heavy atom. The predicted octanol–water partition coefficient (Wildman–Crippen LogP) is 4.41. The smallest absolute Gasteiger partial charge is 0.266 e. The Morgan fingerprint density at radius 3 is 1.48 bits per heavy atom. The summed E-state index contributed by atoms with van der Waals surface area (Å²) in [6, 6.07) is 26.5. The number of benzene rings is 3. The van der Waals surface area contributed by atoms with Crippen LogP contribution < -0.4 is 0 Å². The summed E-state index contributed by atoms with van der Waals surface area (Å²) in [6.45, 7) is 0. The zero-order valence-corrected chi connectivity index (χ0v) is 13.1. The van der Waals surface area contributed by atoms with E-state index in [0.29, 0.717) is 15.4 Å². The van der Waals surface area contributed by atoms with Gasteiger partial charge in [-0.25, -0.2) is 4.21 Å². The molecule has 0 aliphatic rings. The second-order valence-corrected chi connectivity index (χ2v) is 7.09. The molecule has 3 aromatic rings. The fourth-order valence-electron chi connectivity index (χ4n) is 2.20. The van der Waals surface area contributed by atoms with Crippen molar-refractivity contribution in [2.45, 2.75) is 9.79 Å². The number of amides is 1. The van der Waals surface area contributed by atoms with Crippen molar-refractivity contribution >= 4 is 15.6 Å². The molecule has 0 unspecified atom stereocenters. The summed E-state index contributed by atoms with van der Waals surface area (Å²) < 4.78 is 17.7. The Bertz CT molecular complexity index is 868. The van der Waals surface area contributed by atoms with Crippen molar-refractivity contribution in [1.29, 1.82) is 0 Å². The Balaban J connectivity index is 2.20. The lowest BCUT2D eigenvalue weighted by Crippen LogP contribution is -2.06. The van der Waals surface area contributed by atoms with Crippen molar-refractivity contribution in [1.82, 2.24) is 0 Å². The first-order valence-electron chi connectivity index (χ1n) is 7.17. The number of rotatable bonds is 3. The van der Waals surface area contributed by atoms with Crippen LogP contribution in [0.2, 0.25) is 0 Å². The lowest BCUT2D eigenvalue weighted by Gasteiger charge is -2.10. The van der Waals surface area contributed by atoms with E-state index in [9.17, 15) is 9.00 Å². The molecule has 0 saturated carbocycles. The normalized spacial score (nSPS) is 11.0. The molecule has 3 rings (SSSR count). The van der Waals surface area contributed by atoms with E-state index >= 15 is 0 Å². The predicted molar refractivity (Wildman–Crippen MR) is 90.8 cm³/mol. The molecule has 0 aliphatic heterocycles. The molecule has 0 aliphatic carbocycles. The van der Waals surface area contributed by atoms with Crippen molar-refractivity contribution in [2.24, 2.45) is 4.36 Å². The number of carbonyl (C=O) groups is 1. The third-order valence-electron chi connectivity index (χ3n) is 3.36. The molecule has 1 amide bonds. The molecule has 23 heavy (non-hydrogen) atoms. The average molecular weight is 321 g/mol. The summed E-state index contributed by atoms with van der Waals surface area (Å²) in [5.41, 5.74) is 0.423. The maximum Gasteiger partial charge on any atom is 0.285 e. The van der Waals surface area contributed by atoms with E-state index in [1.807, 2.05) is 18.2 Å². The highest BCUT2D eigenvalue weighted by Gasteiger charge is 2.18. The zero-order valence-electron chi connectivity index (χ0n) is 12.3. The Hall–Kier alpha value is -2.72. The third kappa shape index (κ3) is 3.22. The van der Waals surface area contributed by atoms with Gasteiger partial charge in [0.15, 0.2) is 0 Å². The van der Waals surface area contributed by atoms with E-state index in [1.54, 1.807) is 72.8 Å². The van der Waals surface area contributed by atoms with Gasteiger partial charge in [-0.05, 0) is 36.4 Å². The van der Waals surface area contributed by atoms with Gasteiger partial charge in [0.25, 0.3) is 5.91 Å². The molecule has 0 fully saturated rings. The fraction of sp³-hybridized carbons (Fsp3) is 0. The molecular formula is C19H15NO2S. The van der Waals surface area contributed by atoms with Gasteiger partial charge in [-0.15, -0.1) is 4.36 Å². The third-order valence-corrected chi connectivity index (χ3v) is 5.60. The Morgan fingerprint density at radius 1 is 0.652 bits per heavy atom. The molecule has 0 aromatic heterocycles. The minimum atomic E-state index is -3.02. The van der Waals surface area contributed by atoms with E-state index in [4.69, 9.17) is 0 Å². The summed E-state index contributed by atoms with van der Waals surface area (Å²) in [5.74, 6) is -0.483. The van der Waals surface area contributed by atoms with Crippen molar-refractivity contribution in [3.8, 4) is 0 Å². The Labute approximate surface area is 135 Å². The first kappa shape index (κ1) is 15.2. The van der Waals surface area contributed by atoms with Crippen LogP contribution in [0.5, 0.6) is 0 Å². The highest BCUT2D eigenvalue weighted by atomic mass is 32.2. The molecule has 0 heterocycles. The quantitative estimate of drug-likeness (QED) is 0.717. The van der Waals surface area contributed by atoms with E-state index in [1.165, 1.54) is 0 Å². The highest BCUT2D eigenvalue weighted by Crippen LogP contribution is 2.24. The molecule has 0 atom stereocenters. The second kappa shape index (κ2) is 6.58. The summed E-state index contributed by atoms with van der Waals surface area (Å²) in [5, 5.41) is 0. The van der Waals surface area contributed by atoms with E-state index in [2.05, 4.69) is 4.36 Å². The monoisotopic (exact) mass is 321 g/mol. The van der Waals surface area contributed by atoms with Gasteiger partial charge in [0.05, 0.1) is 9.79 Å². The lowest BCUT2D eigenvalue weighted by atomic mass is 10.2. The fourth-order valence-corrected chi connectivity index (χ4v) is 4.08. The molecule has 0 saturated heterocycles. The number of nitrogens with zero attached hydrogens (tertiary/aromatic N) is 1. The van der Waals surface area contributed by atoms with Crippen molar-refractivity contribution in [3.63, 3.8) is 0 Å². The summed E-state index contributed by atoms with van der Waals surface area (Å²) in [6.07, 6.45) is 0. The Kier molecular flexibility index (Phi) is 4.35. The number of hydrogen-bond acceptors (Lipinski definition) is 2. The molecule has 3 nitrogen and oxygen atoms in total. The molecule has 4 heteroatoms. The van der Waals surface area contributed by atoms with Crippen LogP contribution in [0.3, 0.4) is 0 Å². The van der Waals surface area contributed by atoms with E-state index in [-0.39, 0.29) is 0 Å². The number of carbonyl (C=O) groups excluding carboxylic acids is 1. The minimum Gasteiger partial charge on any atom is -0.266 e. The molecule has 0 bridgehead atoms. The van der Waals surface area contributed by atoms with Gasteiger partial charge in [-0.1, -0.05) is 54.6 Å². The zero-order chi connectivity index (χ0) is 16.1. The lowest BCUT2D eigenvalue weighted by molar-refractivity contribution is 0.100. The van der Waals surface area contributed by atoms with Gasteiger partial charge in [-0.3, -0.25) is 4.79 Å². The van der Waals surface area contributed by atoms with Crippen LogP contribution in [0.25, 0.3) is 0 Å². The van der Waals surface area contributed by atoms with Crippen LogP contribution in [0.15, 0.2) is 105 Å². The first-order chi connectivity index (χ1) is 11.2. The largest absolute Gasteiger partial charge is 0.285 e. The van der Waals surface area contributed by atoms with Gasteiger partial charge in [0.1, 0.15) is 9.73 Å². The van der Waals surface area contributed by atoms with Crippen LogP contribution in [-0.4, -0.2) is 10.1 Å².